The van der Waals surface area contributed by atoms with Crippen molar-refractivity contribution in [3.05, 3.63) is 50.9 Å². The molecule has 1 aromatic heterocycles. The fraction of sp³-hybridized carbons (Fsp3) is 0.350. The van der Waals surface area contributed by atoms with E-state index in [1.807, 2.05) is 0 Å². The van der Waals surface area contributed by atoms with Gasteiger partial charge in [0.1, 0.15) is 5.00 Å². The summed E-state index contributed by atoms with van der Waals surface area (Å²) in [6.07, 6.45) is 1.95. The third-order valence-electron chi connectivity index (χ3n) is 4.55. The highest BCUT2D eigenvalue weighted by Gasteiger charge is 2.30. The molecule has 0 radical (unpaired) electrons. The van der Waals surface area contributed by atoms with Crippen LogP contribution in [0.5, 0.6) is 0 Å². The van der Waals surface area contributed by atoms with Crippen LogP contribution in [0, 0.1) is 6.92 Å². The number of hydrogen-bond acceptors (Lipinski definition) is 5. The van der Waals surface area contributed by atoms with Gasteiger partial charge < -0.3 is 15.0 Å². The number of hydrogen-bond donors (Lipinski definition) is 1. The highest BCUT2D eigenvalue weighted by Crippen LogP contribution is 2.35. The summed E-state index contributed by atoms with van der Waals surface area (Å²) in [5, 5.41) is 3.60. The predicted molar refractivity (Wildman–Crippen MR) is 110 cm³/mol. The number of anilines is 1. The van der Waals surface area contributed by atoms with E-state index in [0.717, 1.165) is 24.2 Å². The monoisotopic (exact) mass is 420 g/mol. The summed E-state index contributed by atoms with van der Waals surface area (Å²) in [5.41, 5.74) is 1.17. The van der Waals surface area contributed by atoms with Gasteiger partial charge in [0, 0.05) is 23.7 Å². The number of carbonyl (C=O) groups excluding carboxylic acids is 3. The van der Waals surface area contributed by atoms with E-state index in [1.54, 1.807) is 43.0 Å². The third kappa shape index (κ3) is 4.20. The molecular formula is C20H21ClN2O4S. The van der Waals surface area contributed by atoms with Gasteiger partial charge >= 0.3 is 5.97 Å². The molecule has 1 aromatic carbocycles. The number of esters is 1. The minimum Gasteiger partial charge on any atom is -0.462 e. The van der Waals surface area contributed by atoms with E-state index < -0.39 is 5.97 Å². The average Bonchev–Trinajstić information content (AvgIpc) is 3.30. The maximum absolute atomic E-state index is 12.9. The number of carbonyl (C=O) groups is 3. The molecule has 0 spiro atoms. The quantitative estimate of drug-likeness (QED) is 0.728. The molecule has 2 amide bonds. The van der Waals surface area contributed by atoms with Crippen LogP contribution in [-0.4, -0.2) is 42.4 Å². The lowest BCUT2D eigenvalue weighted by Crippen LogP contribution is -2.27. The van der Waals surface area contributed by atoms with Gasteiger partial charge in [-0.2, -0.15) is 0 Å². The summed E-state index contributed by atoms with van der Waals surface area (Å²) >= 11 is 6.98. The zero-order chi connectivity index (χ0) is 20.3. The first-order valence-electron chi connectivity index (χ1n) is 9.09. The fourth-order valence-corrected chi connectivity index (χ4v) is 4.38. The van der Waals surface area contributed by atoms with Crippen molar-refractivity contribution in [3.8, 4) is 0 Å². The van der Waals surface area contributed by atoms with Crippen molar-refractivity contribution in [2.45, 2.75) is 26.7 Å². The van der Waals surface area contributed by atoms with Crippen molar-refractivity contribution in [3.63, 3.8) is 0 Å². The molecule has 0 aliphatic carbocycles. The summed E-state index contributed by atoms with van der Waals surface area (Å²) in [6.45, 7) is 5.04. The highest BCUT2D eigenvalue weighted by molar-refractivity contribution is 7.18. The number of thiophene rings is 1. The normalized spacial score (nSPS) is 13.5. The van der Waals surface area contributed by atoms with Gasteiger partial charge in [-0.1, -0.05) is 11.6 Å². The maximum atomic E-state index is 12.9. The molecule has 2 aromatic rings. The smallest absolute Gasteiger partial charge is 0.341 e. The van der Waals surface area contributed by atoms with Gasteiger partial charge in [-0.25, -0.2) is 4.79 Å². The van der Waals surface area contributed by atoms with Crippen molar-refractivity contribution in [1.82, 2.24) is 4.90 Å². The molecule has 0 saturated carbocycles. The summed E-state index contributed by atoms with van der Waals surface area (Å²) in [5.74, 6) is -1.05. The number of ether oxygens (including phenoxy) is 1. The van der Waals surface area contributed by atoms with E-state index in [2.05, 4.69) is 5.32 Å². The molecule has 1 aliphatic rings. The van der Waals surface area contributed by atoms with Gasteiger partial charge in [0.15, 0.2) is 0 Å². The molecule has 3 rings (SSSR count). The predicted octanol–water partition coefficient (Wildman–Crippen LogP) is 4.37. The minimum atomic E-state index is -0.553. The Balaban J connectivity index is 1.94. The van der Waals surface area contributed by atoms with E-state index >= 15 is 0 Å². The first-order valence-corrected chi connectivity index (χ1v) is 10.3. The van der Waals surface area contributed by atoms with Gasteiger partial charge in [-0.3, -0.25) is 9.59 Å². The Morgan fingerprint density at radius 1 is 1.18 bits per heavy atom. The van der Waals surface area contributed by atoms with Crippen LogP contribution in [0.1, 0.15) is 55.7 Å². The van der Waals surface area contributed by atoms with Crippen molar-refractivity contribution < 1.29 is 19.1 Å². The number of likely N-dealkylation sites (tertiary alicyclic amines) is 1. The molecule has 0 bridgehead atoms. The van der Waals surface area contributed by atoms with E-state index in [-0.39, 0.29) is 24.0 Å². The molecule has 1 N–H and O–H groups in total. The van der Waals surface area contributed by atoms with Crippen LogP contribution in [0.15, 0.2) is 24.3 Å². The first kappa shape index (κ1) is 20.4. The zero-order valence-electron chi connectivity index (χ0n) is 15.7. The van der Waals surface area contributed by atoms with E-state index in [4.69, 9.17) is 16.3 Å². The summed E-state index contributed by atoms with van der Waals surface area (Å²) < 4.78 is 5.15. The van der Waals surface area contributed by atoms with Gasteiger partial charge in [0.05, 0.1) is 17.0 Å². The summed E-state index contributed by atoms with van der Waals surface area (Å²) in [6, 6.07) is 6.42. The largest absolute Gasteiger partial charge is 0.462 e. The van der Waals surface area contributed by atoms with Crippen molar-refractivity contribution in [2.75, 3.05) is 25.0 Å². The number of benzene rings is 1. The van der Waals surface area contributed by atoms with Crippen molar-refractivity contribution >= 4 is 45.7 Å². The molecule has 2 heterocycles. The zero-order valence-corrected chi connectivity index (χ0v) is 17.3. The molecular weight excluding hydrogens is 400 g/mol. The lowest BCUT2D eigenvalue weighted by atomic mass is 10.1. The molecule has 1 fully saturated rings. The number of amides is 2. The van der Waals surface area contributed by atoms with Gasteiger partial charge in [0.25, 0.3) is 11.8 Å². The van der Waals surface area contributed by atoms with Crippen LogP contribution in [0.2, 0.25) is 5.02 Å². The number of rotatable bonds is 5. The lowest BCUT2D eigenvalue weighted by Gasteiger charge is -2.14. The lowest BCUT2D eigenvalue weighted by molar-refractivity contribution is 0.0527. The fourth-order valence-electron chi connectivity index (χ4n) is 3.09. The van der Waals surface area contributed by atoms with Crippen LogP contribution < -0.4 is 5.32 Å². The Labute approximate surface area is 172 Å². The van der Waals surface area contributed by atoms with Gasteiger partial charge in [-0.15, -0.1) is 11.3 Å². The number of nitrogens with one attached hydrogen (secondary N) is 1. The standard InChI is InChI=1S/C20H21ClN2O4S/c1-3-27-20(26)15-12(2)16(19(25)23-10-4-5-11-23)28-18(15)22-17(24)13-6-8-14(21)9-7-13/h6-9H,3-5,10-11H2,1-2H3,(H,22,24). The second kappa shape index (κ2) is 8.75. The maximum Gasteiger partial charge on any atom is 0.341 e. The molecule has 0 atom stereocenters. The minimum absolute atomic E-state index is 0.113. The number of halogens is 1. The SMILES string of the molecule is CCOC(=O)c1c(NC(=O)c2ccc(Cl)cc2)sc(C(=O)N2CCCC2)c1C. The molecule has 148 valence electrons. The molecule has 6 nitrogen and oxygen atoms in total. The molecule has 8 heteroatoms. The van der Waals surface area contributed by atoms with Crippen molar-refractivity contribution in [1.29, 1.82) is 0 Å². The van der Waals surface area contributed by atoms with E-state index in [0.29, 0.717) is 39.1 Å². The van der Waals surface area contributed by atoms with Gasteiger partial charge in [0.2, 0.25) is 0 Å². The Bertz CT molecular complexity index is 902. The van der Waals surface area contributed by atoms with Crippen molar-refractivity contribution in [2.24, 2.45) is 0 Å². The van der Waals surface area contributed by atoms with E-state index in [9.17, 15) is 14.4 Å². The van der Waals surface area contributed by atoms with Crippen LogP contribution in [-0.2, 0) is 4.74 Å². The molecule has 1 aliphatic heterocycles. The molecule has 1 saturated heterocycles. The second-order valence-electron chi connectivity index (χ2n) is 6.44. The Morgan fingerprint density at radius 2 is 1.82 bits per heavy atom. The Hall–Kier alpha value is -2.38. The third-order valence-corrected chi connectivity index (χ3v) is 5.99. The molecule has 28 heavy (non-hydrogen) atoms. The first-order chi connectivity index (χ1) is 13.4. The van der Waals surface area contributed by atoms with Crippen LogP contribution >= 0.6 is 22.9 Å². The molecule has 0 unspecified atom stereocenters. The van der Waals surface area contributed by atoms with Crippen LogP contribution in [0.25, 0.3) is 0 Å². The average molecular weight is 421 g/mol. The number of nitrogens with zero attached hydrogens (tertiary/aromatic N) is 1. The van der Waals surface area contributed by atoms with E-state index in [1.165, 1.54) is 0 Å². The second-order valence-corrected chi connectivity index (χ2v) is 7.90. The van der Waals surface area contributed by atoms with Crippen LogP contribution in [0.3, 0.4) is 0 Å². The highest BCUT2D eigenvalue weighted by atomic mass is 35.5. The summed E-state index contributed by atoms with van der Waals surface area (Å²) in [4.78, 5) is 40.2. The Kier molecular flexibility index (Phi) is 6.36. The summed E-state index contributed by atoms with van der Waals surface area (Å²) in [7, 11) is 0. The van der Waals surface area contributed by atoms with Crippen LogP contribution in [0.4, 0.5) is 5.00 Å². The van der Waals surface area contributed by atoms with Gasteiger partial charge in [-0.05, 0) is 56.5 Å². The topological polar surface area (TPSA) is 75.7 Å². The Morgan fingerprint density at radius 3 is 2.43 bits per heavy atom.